The molecule has 1 aliphatic carbocycles. The zero-order valence-electron chi connectivity index (χ0n) is 17.0. The maximum absolute atomic E-state index is 6.35. The molecule has 2 saturated heterocycles. The number of piperidine rings is 1. The maximum Gasteiger partial charge on any atom is 0.149 e. The molecule has 3 fully saturated rings. The van der Waals surface area contributed by atoms with E-state index in [0.717, 1.165) is 34.7 Å². The number of rotatable bonds is 6. The van der Waals surface area contributed by atoms with Gasteiger partial charge in [0.2, 0.25) is 0 Å². The Kier molecular flexibility index (Phi) is 5.10. The first kappa shape index (κ1) is 19.3. The Morgan fingerprint density at radius 1 is 1.17 bits per heavy atom. The number of likely N-dealkylation sites (tertiary alicyclic amines) is 1. The third-order valence-corrected chi connectivity index (χ3v) is 8.87. The number of fused-ring (bicyclic) bond motifs is 3. The minimum atomic E-state index is 0.426. The van der Waals surface area contributed by atoms with Crippen molar-refractivity contribution in [3.63, 3.8) is 0 Å². The summed E-state index contributed by atoms with van der Waals surface area (Å²) in [6.07, 6.45) is 5.50. The Hall–Kier alpha value is -1.41. The summed E-state index contributed by atoms with van der Waals surface area (Å²) in [5.74, 6) is 1.82. The van der Waals surface area contributed by atoms with E-state index in [1.165, 1.54) is 54.7 Å². The molecule has 6 rings (SSSR count). The van der Waals surface area contributed by atoms with Gasteiger partial charge in [0.05, 0.1) is 21.9 Å². The standard InChI is InChI=1S/C23H27BrN4OS/c24-21-19(15-6-2-1-3-7-15)20-22(25-26-23(20)30-21)28-14-16-12-17(28)13-18(16)29-11-10-27-8-4-5-9-27/h1-3,6-7,16-18H,4-5,8-14H2,(H,25,26). The zero-order chi connectivity index (χ0) is 20.1. The first-order valence-electron chi connectivity index (χ1n) is 11.1. The van der Waals surface area contributed by atoms with Crippen LogP contribution < -0.4 is 4.90 Å². The SMILES string of the molecule is Brc1sc2n[nH]c(N3CC4CC3CC4OCCN3CCCC3)c2c1-c1ccccc1. The van der Waals surface area contributed by atoms with Crippen LogP contribution in [0.5, 0.6) is 0 Å². The number of halogens is 1. The Balaban J connectivity index is 1.19. The van der Waals surface area contributed by atoms with Gasteiger partial charge in [0.15, 0.2) is 0 Å². The van der Waals surface area contributed by atoms with Gasteiger partial charge in [-0.25, -0.2) is 0 Å². The molecule has 2 aliphatic heterocycles. The van der Waals surface area contributed by atoms with Gasteiger partial charge in [0, 0.05) is 30.6 Å². The van der Waals surface area contributed by atoms with Crippen molar-refractivity contribution < 1.29 is 4.74 Å². The number of hydrogen-bond donors (Lipinski definition) is 1. The predicted molar refractivity (Wildman–Crippen MR) is 126 cm³/mol. The van der Waals surface area contributed by atoms with Gasteiger partial charge in [-0.1, -0.05) is 30.3 Å². The Morgan fingerprint density at radius 2 is 2.00 bits per heavy atom. The van der Waals surface area contributed by atoms with Gasteiger partial charge >= 0.3 is 0 Å². The number of aromatic amines is 1. The first-order chi connectivity index (χ1) is 14.8. The van der Waals surface area contributed by atoms with Crippen LogP contribution in [0.25, 0.3) is 21.3 Å². The summed E-state index contributed by atoms with van der Waals surface area (Å²) in [6.45, 7) is 5.56. The second-order valence-electron chi connectivity index (χ2n) is 8.86. The quantitative estimate of drug-likeness (QED) is 0.524. The van der Waals surface area contributed by atoms with Gasteiger partial charge in [-0.05, 0) is 60.3 Å². The zero-order valence-corrected chi connectivity index (χ0v) is 19.4. The molecule has 3 atom stereocenters. The van der Waals surface area contributed by atoms with E-state index in [0.29, 0.717) is 18.1 Å². The topological polar surface area (TPSA) is 44.4 Å². The summed E-state index contributed by atoms with van der Waals surface area (Å²) >= 11 is 5.51. The average Bonchev–Trinajstić information content (AvgIpc) is 3.56. The number of ether oxygens (including phenoxy) is 1. The number of aromatic nitrogens is 2. The molecule has 0 amide bonds. The number of hydrogen-bond acceptors (Lipinski definition) is 5. The third kappa shape index (κ3) is 3.30. The van der Waals surface area contributed by atoms with Gasteiger partial charge in [-0.15, -0.1) is 11.3 Å². The number of H-pyrrole nitrogens is 1. The average molecular weight is 487 g/mol. The van der Waals surface area contributed by atoms with E-state index >= 15 is 0 Å². The largest absolute Gasteiger partial charge is 0.376 e. The second-order valence-corrected chi connectivity index (χ2v) is 11.2. The molecule has 30 heavy (non-hydrogen) atoms. The Morgan fingerprint density at radius 3 is 2.77 bits per heavy atom. The normalized spacial score (nSPS) is 26.4. The highest BCUT2D eigenvalue weighted by atomic mass is 79.9. The van der Waals surface area contributed by atoms with E-state index in [-0.39, 0.29) is 0 Å². The summed E-state index contributed by atoms with van der Waals surface area (Å²) in [4.78, 5) is 6.18. The molecular weight excluding hydrogens is 460 g/mol. The van der Waals surface area contributed by atoms with Crippen molar-refractivity contribution in [1.29, 1.82) is 0 Å². The minimum Gasteiger partial charge on any atom is -0.376 e. The molecule has 4 heterocycles. The van der Waals surface area contributed by atoms with E-state index in [4.69, 9.17) is 4.74 Å². The van der Waals surface area contributed by atoms with E-state index in [2.05, 4.69) is 66.3 Å². The summed E-state index contributed by atoms with van der Waals surface area (Å²) in [5, 5.41) is 9.28. The molecule has 3 aliphatic rings. The fourth-order valence-corrected chi connectivity index (χ4v) is 7.42. The third-order valence-electron chi connectivity index (χ3n) is 7.11. The summed E-state index contributed by atoms with van der Waals surface area (Å²) in [7, 11) is 0. The van der Waals surface area contributed by atoms with E-state index < -0.39 is 0 Å². The van der Waals surface area contributed by atoms with Crippen molar-refractivity contribution >= 4 is 43.3 Å². The fourth-order valence-electron chi connectivity index (χ4n) is 5.64. The number of anilines is 1. The van der Waals surface area contributed by atoms with Gasteiger partial charge in [0.1, 0.15) is 10.6 Å². The molecular formula is C23H27BrN4OS. The molecule has 3 aromatic rings. The molecule has 2 bridgehead atoms. The lowest BCUT2D eigenvalue weighted by Crippen LogP contribution is -2.39. The lowest BCUT2D eigenvalue weighted by Gasteiger charge is -2.32. The Labute approximate surface area is 189 Å². The number of benzene rings is 1. The molecule has 2 aromatic heterocycles. The summed E-state index contributed by atoms with van der Waals surface area (Å²) in [6, 6.07) is 11.2. The van der Waals surface area contributed by atoms with Crippen LogP contribution in [0.4, 0.5) is 5.82 Å². The van der Waals surface area contributed by atoms with E-state index in [1.54, 1.807) is 11.3 Å². The lowest BCUT2D eigenvalue weighted by atomic mass is 10.0. The van der Waals surface area contributed by atoms with Crippen molar-refractivity contribution in [2.24, 2.45) is 5.92 Å². The van der Waals surface area contributed by atoms with Crippen LogP contribution in [0.15, 0.2) is 34.1 Å². The molecule has 1 aromatic carbocycles. The molecule has 0 spiro atoms. The highest BCUT2D eigenvalue weighted by molar-refractivity contribution is 9.11. The van der Waals surface area contributed by atoms with Gasteiger partial charge in [0.25, 0.3) is 0 Å². The van der Waals surface area contributed by atoms with Crippen LogP contribution in [0.2, 0.25) is 0 Å². The monoisotopic (exact) mass is 486 g/mol. The minimum absolute atomic E-state index is 0.426. The molecule has 1 saturated carbocycles. The van der Waals surface area contributed by atoms with Crippen molar-refractivity contribution in [2.45, 2.75) is 37.8 Å². The van der Waals surface area contributed by atoms with E-state index in [1.807, 2.05) is 0 Å². The van der Waals surface area contributed by atoms with Crippen LogP contribution in [0.3, 0.4) is 0 Å². The highest BCUT2D eigenvalue weighted by Gasteiger charge is 2.46. The van der Waals surface area contributed by atoms with Crippen molar-refractivity contribution in [3.8, 4) is 11.1 Å². The van der Waals surface area contributed by atoms with Gasteiger partial charge in [-0.2, -0.15) is 5.10 Å². The molecule has 5 nitrogen and oxygen atoms in total. The van der Waals surface area contributed by atoms with Crippen LogP contribution in [0.1, 0.15) is 25.7 Å². The number of nitrogens with one attached hydrogen (secondary N) is 1. The summed E-state index contributed by atoms with van der Waals surface area (Å²) in [5.41, 5.74) is 2.51. The van der Waals surface area contributed by atoms with Crippen molar-refractivity contribution in [3.05, 3.63) is 34.1 Å². The smallest absolute Gasteiger partial charge is 0.149 e. The molecule has 3 unspecified atom stereocenters. The second kappa shape index (κ2) is 7.93. The molecule has 1 N–H and O–H groups in total. The molecule has 0 radical (unpaired) electrons. The van der Waals surface area contributed by atoms with Gasteiger partial charge < -0.3 is 14.5 Å². The van der Waals surface area contributed by atoms with Crippen LogP contribution in [0, 0.1) is 5.92 Å². The molecule has 158 valence electrons. The highest BCUT2D eigenvalue weighted by Crippen LogP contribution is 2.49. The predicted octanol–water partition coefficient (Wildman–Crippen LogP) is 5.13. The van der Waals surface area contributed by atoms with Crippen LogP contribution >= 0.6 is 27.3 Å². The van der Waals surface area contributed by atoms with Crippen LogP contribution in [-0.2, 0) is 4.74 Å². The lowest BCUT2D eigenvalue weighted by molar-refractivity contribution is 0.0149. The van der Waals surface area contributed by atoms with Gasteiger partial charge in [-0.3, -0.25) is 5.10 Å². The summed E-state index contributed by atoms with van der Waals surface area (Å²) < 4.78 is 7.51. The van der Waals surface area contributed by atoms with E-state index in [9.17, 15) is 0 Å². The maximum atomic E-state index is 6.35. The van der Waals surface area contributed by atoms with Crippen molar-refractivity contribution in [1.82, 2.24) is 15.1 Å². The number of nitrogens with zero attached hydrogens (tertiary/aromatic N) is 3. The fraction of sp³-hybridized carbons (Fsp3) is 0.522. The molecule has 7 heteroatoms. The Bertz CT molecular complexity index is 1030. The first-order valence-corrected chi connectivity index (χ1v) is 12.7. The van der Waals surface area contributed by atoms with Crippen LogP contribution in [-0.4, -0.2) is 60.0 Å². The van der Waals surface area contributed by atoms with Crippen molar-refractivity contribution in [2.75, 3.05) is 37.7 Å². The number of thiophene rings is 1.